The summed E-state index contributed by atoms with van der Waals surface area (Å²) >= 11 is 1.56. The molecule has 1 fully saturated rings. The topological polar surface area (TPSA) is 49.3 Å². The number of thiophene rings is 1. The van der Waals surface area contributed by atoms with E-state index in [-0.39, 0.29) is 11.7 Å². The molecule has 0 saturated carbocycles. The molecule has 3 heterocycles. The second-order valence-corrected chi connectivity index (χ2v) is 6.88. The van der Waals surface area contributed by atoms with Gasteiger partial charge in [-0.05, 0) is 17.7 Å². The van der Waals surface area contributed by atoms with Crippen LogP contribution in [0.15, 0.2) is 36.0 Å². The summed E-state index contributed by atoms with van der Waals surface area (Å²) in [4.78, 5) is 25.4. The van der Waals surface area contributed by atoms with Crippen LogP contribution >= 0.6 is 11.3 Å². The Morgan fingerprint density at radius 1 is 1.12 bits per heavy atom. The number of nitrogens with zero attached hydrogens (tertiary/aromatic N) is 4. The Kier molecular flexibility index (Phi) is 4.09. The van der Waals surface area contributed by atoms with E-state index in [1.807, 2.05) is 10.3 Å². The van der Waals surface area contributed by atoms with Crippen LogP contribution < -0.4 is 4.90 Å². The molecule has 0 bridgehead atoms. The zero-order valence-electron chi connectivity index (χ0n) is 13.8. The molecule has 7 heteroatoms. The first-order valence-electron chi connectivity index (χ1n) is 8.12. The van der Waals surface area contributed by atoms with E-state index in [9.17, 15) is 9.18 Å². The van der Waals surface area contributed by atoms with Crippen LogP contribution in [0, 0.1) is 5.82 Å². The molecule has 1 aliphatic rings. The Labute approximate surface area is 148 Å². The fourth-order valence-corrected chi connectivity index (χ4v) is 4.08. The second kappa shape index (κ2) is 6.40. The lowest BCUT2D eigenvalue weighted by atomic mass is 10.1. The van der Waals surface area contributed by atoms with Gasteiger partial charge in [0.1, 0.15) is 22.8 Å². The number of carbonyl (C=O) groups excluding carboxylic acids is 1. The molecule has 25 heavy (non-hydrogen) atoms. The van der Waals surface area contributed by atoms with E-state index in [1.54, 1.807) is 36.7 Å². The van der Waals surface area contributed by atoms with Gasteiger partial charge in [0.2, 0.25) is 5.91 Å². The first-order valence-corrected chi connectivity index (χ1v) is 9.00. The number of hydrogen-bond acceptors (Lipinski definition) is 5. The minimum absolute atomic E-state index is 0.106. The molecule has 1 amide bonds. The normalized spacial score (nSPS) is 15.0. The molecule has 0 aliphatic carbocycles. The molecular weight excluding hydrogens is 339 g/mol. The summed E-state index contributed by atoms with van der Waals surface area (Å²) < 4.78 is 13.3. The number of halogens is 1. The van der Waals surface area contributed by atoms with Gasteiger partial charge in [0.05, 0.1) is 5.39 Å². The lowest BCUT2D eigenvalue weighted by Crippen LogP contribution is -2.48. The molecule has 128 valence electrons. The van der Waals surface area contributed by atoms with Crippen LogP contribution in [-0.4, -0.2) is 47.0 Å². The van der Waals surface area contributed by atoms with Gasteiger partial charge in [-0.1, -0.05) is 12.1 Å². The maximum absolute atomic E-state index is 13.3. The average Bonchev–Trinajstić information content (AvgIpc) is 3.07. The number of amides is 1. The van der Waals surface area contributed by atoms with Gasteiger partial charge in [0.15, 0.2) is 0 Å². The third-order valence-electron chi connectivity index (χ3n) is 4.53. The number of anilines is 1. The minimum atomic E-state index is -0.250. The van der Waals surface area contributed by atoms with Crippen LogP contribution in [0.2, 0.25) is 0 Å². The summed E-state index contributed by atoms with van der Waals surface area (Å²) in [7, 11) is 0. The molecule has 1 saturated heterocycles. The Bertz CT molecular complexity index is 916. The summed E-state index contributed by atoms with van der Waals surface area (Å²) in [6.07, 6.45) is 1.58. The smallest absolute Gasteiger partial charge is 0.219 e. The van der Waals surface area contributed by atoms with Crippen LogP contribution in [-0.2, 0) is 4.79 Å². The quantitative estimate of drug-likeness (QED) is 0.708. The Morgan fingerprint density at radius 3 is 2.52 bits per heavy atom. The highest BCUT2D eigenvalue weighted by Gasteiger charge is 2.23. The van der Waals surface area contributed by atoms with E-state index >= 15 is 0 Å². The minimum Gasteiger partial charge on any atom is -0.352 e. The number of piperazine rings is 1. The monoisotopic (exact) mass is 356 g/mol. The van der Waals surface area contributed by atoms with E-state index in [0.717, 1.165) is 40.3 Å². The van der Waals surface area contributed by atoms with Crippen molar-refractivity contribution in [3.63, 3.8) is 0 Å². The van der Waals surface area contributed by atoms with Crippen molar-refractivity contribution < 1.29 is 9.18 Å². The van der Waals surface area contributed by atoms with E-state index in [2.05, 4.69) is 14.9 Å². The fraction of sp³-hybridized carbons (Fsp3) is 0.278. The maximum atomic E-state index is 13.3. The van der Waals surface area contributed by atoms with E-state index in [1.165, 1.54) is 12.1 Å². The maximum Gasteiger partial charge on any atom is 0.219 e. The van der Waals surface area contributed by atoms with Crippen molar-refractivity contribution in [2.45, 2.75) is 6.92 Å². The summed E-state index contributed by atoms with van der Waals surface area (Å²) in [6.45, 7) is 4.46. The average molecular weight is 356 g/mol. The lowest BCUT2D eigenvalue weighted by molar-refractivity contribution is -0.129. The number of hydrogen-bond donors (Lipinski definition) is 0. The van der Waals surface area contributed by atoms with Gasteiger partial charge in [-0.2, -0.15) is 0 Å². The van der Waals surface area contributed by atoms with Crippen molar-refractivity contribution in [1.29, 1.82) is 0 Å². The molecule has 5 nitrogen and oxygen atoms in total. The molecule has 1 aliphatic heterocycles. The fourth-order valence-electron chi connectivity index (χ4n) is 3.17. The Hall–Kier alpha value is -2.54. The van der Waals surface area contributed by atoms with Gasteiger partial charge in [-0.3, -0.25) is 4.79 Å². The van der Waals surface area contributed by atoms with Crippen LogP contribution in [0.3, 0.4) is 0 Å². The van der Waals surface area contributed by atoms with Gasteiger partial charge >= 0.3 is 0 Å². The highest BCUT2D eigenvalue weighted by atomic mass is 32.1. The van der Waals surface area contributed by atoms with Crippen LogP contribution in [0.4, 0.5) is 10.2 Å². The van der Waals surface area contributed by atoms with Gasteiger partial charge in [0, 0.05) is 44.0 Å². The van der Waals surface area contributed by atoms with Crippen LogP contribution in [0.25, 0.3) is 21.3 Å². The van der Waals surface area contributed by atoms with Crippen molar-refractivity contribution in [1.82, 2.24) is 14.9 Å². The molecule has 0 N–H and O–H groups in total. The largest absolute Gasteiger partial charge is 0.352 e. The summed E-state index contributed by atoms with van der Waals surface area (Å²) in [5.74, 6) is 0.740. The van der Waals surface area contributed by atoms with Gasteiger partial charge in [0.25, 0.3) is 0 Å². The van der Waals surface area contributed by atoms with Crippen molar-refractivity contribution in [2.75, 3.05) is 31.1 Å². The van der Waals surface area contributed by atoms with Crippen molar-refractivity contribution in [2.24, 2.45) is 0 Å². The molecule has 1 aromatic carbocycles. The van der Waals surface area contributed by atoms with Crippen molar-refractivity contribution >= 4 is 33.3 Å². The molecular formula is C18H17FN4OS. The van der Waals surface area contributed by atoms with Crippen LogP contribution in [0.1, 0.15) is 6.92 Å². The SMILES string of the molecule is CC(=O)N1CCN(c2ncnc3scc(-c4ccc(F)cc4)c23)CC1. The third kappa shape index (κ3) is 2.95. The number of aromatic nitrogens is 2. The predicted molar refractivity (Wildman–Crippen MR) is 97.3 cm³/mol. The second-order valence-electron chi connectivity index (χ2n) is 6.03. The molecule has 0 atom stereocenters. The first kappa shape index (κ1) is 16.0. The van der Waals surface area contributed by atoms with E-state index < -0.39 is 0 Å². The van der Waals surface area contributed by atoms with E-state index in [4.69, 9.17) is 0 Å². The van der Waals surface area contributed by atoms with Crippen LogP contribution in [0.5, 0.6) is 0 Å². The molecule has 0 spiro atoms. The summed E-state index contributed by atoms with van der Waals surface area (Å²) in [6, 6.07) is 6.49. The highest BCUT2D eigenvalue weighted by molar-refractivity contribution is 7.17. The van der Waals surface area contributed by atoms with Gasteiger partial charge in [-0.25, -0.2) is 14.4 Å². The molecule has 0 radical (unpaired) electrons. The standard InChI is InChI=1S/C18H17FN4OS/c1-12(24)22-6-8-23(9-7-22)17-16-15(10-25-18(16)21-11-20-17)13-2-4-14(19)5-3-13/h2-5,10-11H,6-9H2,1H3. The summed E-state index contributed by atoms with van der Waals surface area (Å²) in [5, 5.41) is 3.04. The van der Waals surface area contributed by atoms with Crippen molar-refractivity contribution in [3.8, 4) is 11.1 Å². The first-order chi connectivity index (χ1) is 12.1. The summed E-state index contributed by atoms with van der Waals surface area (Å²) in [5.41, 5.74) is 1.97. The number of benzene rings is 1. The van der Waals surface area contributed by atoms with Crippen molar-refractivity contribution in [3.05, 3.63) is 41.8 Å². The number of fused-ring (bicyclic) bond motifs is 1. The third-order valence-corrected chi connectivity index (χ3v) is 5.42. The highest BCUT2D eigenvalue weighted by Crippen LogP contribution is 2.38. The lowest BCUT2D eigenvalue weighted by Gasteiger charge is -2.35. The molecule has 4 rings (SSSR count). The van der Waals surface area contributed by atoms with E-state index in [0.29, 0.717) is 13.1 Å². The molecule has 2 aromatic heterocycles. The van der Waals surface area contributed by atoms with Gasteiger partial charge < -0.3 is 9.80 Å². The zero-order valence-corrected chi connectivity index (χ0v) is 14.6. The Morgan fingerprint density at radius 2 is 1.84 bits per heavy atom. The molecule has 3 aromatic rings. The predicted octanol–water partition coefficient (Wildman–Crippen LogP) is 3.17. The number of carbonyl (C=O) groups is 1. The molecule has 0 unspecified atom stereocenters. The van der Waals surface area contributed by atoms with Gasteiger partial charge in [-0.15, -0.1) is 11.3 Å². The Balaban J connectivity index is 1.74. The number of rotatable bonds is 2. The zero-order chi connectivity index (χ0) is 17.4.